The molecule has 1 aliphatic rings. The molecule has 1 aliphatic carbocycles. The Hall–Kier alpha value is -0.820. The zero-order chi connectivity index (χ0) is 13.8. The van der Waals surface area contributed by atoms with Gasteiger partial charge in [0.1, 0.15) is 6.61 Å². The molecule has 1 fully saturated rings. The molecule has 0 saturated heterocycles. The summed E-state index contributed by atoms with van der Waals surface area (Å²) in [6.07, 6.45) is -2.24. The summed E-state index contributed by atoms with van der Waals surface area (Å²) >= 11 is 0. The van der Waals surface area contributed by atoms with E-state index in [4.69, 9.17) is 10.5 Å². The summed E-state index contributed by atoms with van der Waals surface area (Å²) in [5, 5.41) is 2.72. The van der Waals surface area contributed by atoms with E-state index >= 15 is 0 Å². The van der Waals surface area contributed by atoms with Gasteiger partial charge in [0.05, 0.1) is 12.1 Å². The van der Waals surface area contributed by atoms with Crippen LogP contribution in [0.1, 0.15) is 32.6 Å². The maximum Gasteiger partial charge on any atom is 0.411 e. The van der Waals surface area contributed by atoms with Crippen LogP contribution in [0.2, 0.25) is 0 Å². The first-order valence-corrected chi connectivity index (χ1v) is 6.02. The monoisotopic (exact) mass is 268 g/mol. The van der Waals surface area contributed by atoms with E-state index in [0.717, 1.165) is 12.8 Å². The lowest BCUT2D eigenvalue weighted by Crippen LogP contribution is -2.46. The fourth-order valence-corrected chi connectivity index (χ4v) is 1.97. The van der Waals surface area contributed by atoms with E-state index in [9.17, 15) is 18.0 Å². The normalized spacial score (nSPS) is 26.7. The van der Waals surface area contributed by atoms with E-state index in [-0.39, 0.29) is 11.9 Å². The molecule has 1 saturated carbocycles. The van der Waals surface area contributed by atoms with Crippen molar-refractivity contribution in [3.05, 3.63) is 0 Å². The Morgan fingerprint density at radius 3 is 2.72 bits per heavy atom. The highest BCUT2D eigenvalue weighted by Crippen LogP contribution is 2.24. The number of nitrogens with two attached hydrogens (primary N) is 1. The Morgan fingerprint density at radius 2 is 2.17 bits per heavy atom. The first-order valence-electron chi connectivity index (χ1n) is 6.02. The lowest BCUT2D eigenvalue weighted by molar-refractivity contribution is -0.188. The lowest BCUT2D eigenvalue weighted by Gasteiger charge is -2.30. The molecule has 3 atom stereocenters. The van der Waals surface area contributed by atoms with Gasteiger partial charge in [-0.2, -0.15) is 13.2 Å². The molecule has 0 bridgehead atoms. The Balaban J connectivity index is 2.34. The summed E-state index contributed by atoms with van der Waals surface area (Å²) in [6, 6.07) is -0.753. The maximum absolute atomic E-state index is 12.0. The van der Waals surface area contributed by atoms with E-state index in [1.54, 1.807) is 6.92 Å². The van der Waals surface area contributed by atoms with Crippen molar-refractivity contribution in [1.82, 2.24) is 5.32 Å². The van der Waals surface area contributed by atoms with Crippen molar-refractivity contribution in [2.24, 2.45) is 5.73 Å². The van der Waals surface area contributed by atoms with Crippen molar-refractivity contribution < 1.29 is 22.7 Å². The van der Waals surface area contributed by atoms with Gasteiger partial charge in [0, 0.05) is 6.04 Å². The SMILES string of the molecule is CC(N)C(=O)NC1CCCC(OCC(F)(F)F)C1. The predicted molar refractivity (Wildman–Crippen MR) is 59.8 cm³/mol. The van der Waals surface area contributed by atoms with Crippen LogP contribution in [-0.2, 0) is 9.53 Å². The van der Waals surface area contributed by atoms with Crippen LogP contribution in [0.3, 0.4) is 0 Å². The molecular weight excluding hydrogens is 249 g/mol. The van der Waals surface area contributed by atoms with E-state index in [1.807, 2.05) is 0 Å². The highest BCUT2D eigenvalue weighted by atomic mass is 19.4. The van der Waals surface area contributed by atoms with Crippen LogP contribution in [0.15, 0.2) is 0 Å². The van der Waals surface area contributed by atoms with Gasteiger partial charge in [-0.15, -0.1) is 0 Å². The second-order valence-corrected chi connectivity index (χ2v) is 4.71. The second kappa shape index (κ2) is 6.38. The van der Waals surface area contributed by atoms with Gasteiger partial charge >= 0.3 is 6.18 Å². The molecule has 4 nitrogen and oxygen atoms in total. The number of carbonyl (C=O) groups excluding carboxylic acids is 1. The molecule has 1 amide bonds. The van der Waals surface area contributed by atoms with Crippen LogP contribution in [-0.4, -0.2) is 36.9 Å². The van der Waals surface area contributed by atoms with Crippen molar-refractivity contribution in [3.63, 3.8) is 0 Å². The Kier molecular flexibility index (Phi) is 5.40. The number of rotatable bonds is 4. The highest BCUT2D eigenvalue weighted by Gasteiger charge is 2.31. The summed E-state index contributed by atoms with van der Waals surface area (Å²) < 4.78 is 40.8. The summed E-state index contributed by atoms with van der Waals surface area (Å²) in [5.41, 5.74) is 5.41. The standard InChI is InChI=1S/C11H19F3N2O2/c1-7(15)10(17)16-8-3-2-4-9(5-8)18-6-11(12,13)14/h7-9H,2-6,15H2,1H3,(H,16,17). The second-order valence-electron chi connectivity index (χ2n) is 4.71. The number of hydrogen-bond acceptors (Lipinski definition) is 3. The minimum atomic E-state index is -4.30. The molecule has 0 aromatic rings. The van der Waals surface area contributed by atoms with Gasteiger partial charge in [-0.05, 0) is 32.6 Å². The van der Waals surface area contributed by atoms with Crippen LogP contribution >= 0.6 is 0 Å². The molecule has 0 aromatic heterocycles. The predicted octanol–water partition coefficient (Wildman–Crippen LogP) is 1.34. The number of carbonyl (C=O) groups is 1. The largest absolute Gasteiger partial charge is 0.411 e. The van der Waals surface area contributed by atoms with Gasteiger partial charge in [0.2, 0.25) is 5.91 Å². The Morgan fingerprint density at radius 1 is 1.50 bits per heavy atom. The number of halogens is 3. The zero-order valence-electron chi connectivity index (χ0n) is 10.3. The third-order valence-corrected chi connectivity index (χ3v) is 2.87. The third-order valence-electron chi connectivity index (χ3n) is 2.87. The molecule has 0 spiro atoms. The molecule has 0 radical (unpaired) electrons. The van der Waals surface area contributed by atoms with Crippen molar-refractivity contribution >= 4 is 5.91 Å². The van der Waals surface area contributed by atoms with Gasteiger partial charge in [-0.3, -0.25) is 4.79 Å². The average molecular weight is 268 g/mol. The molecule has 18 heavy (non-hydrogen) atoms. The van der Waals surface area contributed by atoms with E-state index in [0.29, 0.717) is 12.8 Å². The van der Waals surface area contributed by atoms with Crippen molar-refractivity contribution in [2.45, 2.75) is 57.0 Å². The first kappa shape index (κ1) is 15.2. The molecule has 0 aromatic carbocycles. The minimum Gasteiger partial charge on any atom is -0.369 e. The maximum atomic E-state index is 12.0. The molecule has 7 heteroatoms. The van der Waals surface area contributed by atoms with Gasteiger partial charge < -0.3 is 15.8 Å². The number of nitrogens with one attached hydrogen (secondary N) is 1. The van der Waals surface area contributed by atoms with Crippen molar-refractivity contribution in [2.75, 3.05) is 6.61 Å². The molecule has 106 valence electrons. The molecular formula is C11H19F3N2O2. The smallest absolute Gasteiger partial charge is 0.369 e. The molecule has 3 N–H and O–H groups in total. The van der Waals surface area contributed by atoms with Crippen molar-refractivity contribution in [1.29, 1.82) is 0 Å². The number of alkyl halides is 3. The summed E-state index contributed by atoms with van der Waals surface area (Å²) in [5.74, 6) is -0.281. The van der Waals surface area contributed by atoms with Crippen LogP contribution in [0.4, 0.5) is 13.2 Å². The van der Waals surface area contributed by atoms with Crippen LogP contribution < -0.4 is 11.1 Å². The van der Waals surface area contributed by atoms with Crippen LogP contribution in [0.25, 0.3) is 0 Å². The van der Waals surface area contributed by atoms with E-state index in [2.05, 4.69) is 5.32 Å². The van der Waals surface area contributed by atoms with E-state index in [1.165, 1.54) is 0 Å². The Labute approximate surface area is 104 Å². The Bertz CT molecular complexity index is 282. The summed E-state index contributed by atoms with van der Waals surface area (Å²) in [7, 11) is 0. The lowest BCUT2D eigenvalue weighted by atomic mass is 9.92. The van der Waals surface area contributed by atoms with Gasteiger partial charge in [-0.25, -0.2) is 0 Å². The fraction of sp³-hybridized carbons (Fsp3) is 0.909. The summed E-state index contributed by atoms with van der Waals surface area (Å²) in [6.45, 7) is 0.335. The summed E-state index contributed by atoms with van der Waals surface area (Å²) in [4.78, 5) is 11.4. The first-order chi connectivity index (χ1) is 8.28. The quantitative estimate of drug-likeness (QED) is 0.808. The number of hydrogen-bond donors (Lipinski definition) is 2. The molecule has 0 heterocycles. The molecule has 0 aliphatic heterocycles. The topological polar surface area (TPSA) is 64.4 Å². The van der Waals surface area contributed by atoms with Crippen LogP contribution in [0.5, 0.6) is 0 Å². The average Bonchev–Trinajstić information content (AvgIpc) is 2.26. The number of amides is 1. The number of ether oxygens (including phenoxy) is 1. The highest BCUT2D eigenvalue weighted by molar-refractivity contribution is 5.81. The molecule has 3 unspecified atom stereocenters. The van der Waals surface area contributed by atoms with Crippen molar-refractivity contribution in [3.8, 4) is 0 Å². The van der Waals surface area contributed by atoms with Gasteiger partial charge in [0.25, 0.3) is 0 Å². The fourth-order valence-electron chi connectivity index (χ4n) is 1.97. The minimum absolute atomic E-state index is 0.143. The van der Waals surface area contributed by atoms with E-state index < -0.39 is 24.9 Å². The third kappa shape index (κ3) is 5.68. The van der Waals surface area contributed by atoms with Gasteiger partial charge in [-0.1, -0.05) is 0 Å². The van der Waals surface area contributed by atoms with Crippen LogP contribution in [0, 0.1) is 0 Å². The zero-order valence-corrected chi connectivity index (χ0v) is 10.3. The molecule has 1 rings (SSSR count). The van der Waals surface area contributed by atoms with Gasteiger partial charge in [0.15, 0.2) is 0 Å².